The van der Waals surface area contributed by atoms with E-state index >= 15 is 0 Å². The largest absolute Gasteiger partial charge is 2.00 e. The Balaban J connectivity index is 0.00000400. The Labute approximate surface area is 324 Å². The summed E-state index contributed by atoms with van der Waals surface area (Å²) in [5.41, 5.74) is 9.90. The van der Waals surface area contributed by atoms with Gasteiger partial charge in [0, 0.05) is 46.3 Å². The molecule has 8 aromatic rings. The second-order valence-corrected chi connectivity index (χ2v) is 14.1. The van der Waals surface area contributed by atoms with Crippen molar-refractivity contribution in [2.45, 2.75) is 26.2 Å². The van der Waals surface area contributed by atoms with Crippen LogP contribution in [-0.4, -0.2) is 21.2 Å². The van der Waals surface area contributed by atoms with E-state index in [1.165, 1.54) is 11.0 Å². The Morgan fingerprint density at radius 3 is 2.08 bits per heavy atom. The van der Waals surface area contributed by atoms with Crippen molar-refractivity contribution >= 4 is 34.1 Å². The zero-order valence-electron chi connectivity index (χ0n) is 29.5. The van der Waals surface area contributed by atoms with Crippen molar-refractivity contribution in [2.75, 3.05) is 0 Å². The van der Waals surface area contributed by atoms with E-state index in [-0.39, 0.29) is 33.2 Å². The molecule has 0 saturated heterocycles. The first kappa shape index (κ1) is 34.4. The Morgan fingerprint density at radius 1 is 0.679 bits per heavy atom. The van der Waals surface area contributed by atoms with Gasteiger partial charge in [-0.25, -0.2) is 0 Å². The molecule has 0 atom stereocenters. The number of ether oxygens (including phenoxy) is 2. The number of hydrogen-bond acceptors (Lipinski definition) is 4. The van der Waals surface area contributed by atoms with Gasteiger partial charge >= 0.3 is 21.1 Å². The van der Waals surface area contributed by atoms with E-state index in [4.69, 9.17) is 19.4 Å². The normalized spacial score (nSPS) is 12.0. The quantitative estimate of drug-likeness (QED) is 0.124. The fourth-order valence-corrected chi connectivity index (χ4v) is 7.11. The van der Waals surface area contributed by atoms with Gasteiger partial charge < -0.3 is 24.0 Å². The molecule has 0 saturated carbocycles. The molecule has 3 aromatic heterocycles. The number of hydrogen-bond donors (Lipinski definition) is 0. The molecule has 0 amide bonds. The SMILES string of the molecule is CC(C)(C)c1ccc(-c2[c-]c(Oc3[c-]c(-c4nccc5c4c4c(n5-c5ccccc5)B(c5ccccc5)c5ccccc5O4)ccc3)ccc2)nc1.[Pt+2]. The number of rotatable bonds is 6. The molecule has 5 aromatic carbocycles. The van der Waals surface area contributed by atoms with Crippen molar-refractivity contribution in [1.29, 1.82) is 0 Å². The number of benzene rings is 5. The zero-order chi connectivity index (χ0) is 35.2. The third-order valence-electron chi connectivity index (χ3n) is 9.65. The van der Waals surface area contributed by atoms with Crippen LogP contribution in [0, 0.1) is 12.1 Å². The number of para-hydroxylation sites is 2. The van der Waals surface area contributed by atoms with Crippen LogP contribution in [0.4, 0.5) is 0 Å². The minimum atomic E-state index is -0.0674. The summed E-state index contributed by atoms with van der Waals surface area (Å²) >= 11 is 0. The van der Waals surface area contributed by atoms with Gasteiger partial charge in [0.25, 0.3) is 6.71 Å². The Kier molecular flexibility index (Phi) is 9.10. The van der Waals surface area contributed by atoms with Gasteiger partial charge in [0.2, 0.25) is 0 Å². The molecule has 0 aliphatic carbocycles. The van der Waals surface area contributed by atoms with Gasteiger partial charge in [-0.3, -0.25) is 0 Å². The van der Waals surface area contributed by atoms with Gasteiger partial charge in [0.1, 0.15) is 11.5 Å². The molecule has 0 unspecified atom stereocenters. The summed E-state index contributed by atoms with van der Waals surface area (Å²) in [6, 6.07) is 54.4. The Morgan fingerprint density at radius 2 is 1.36 bits per heavy atom. The fraction of sp³-hybridized carbons (Fsp3) is 0.0870. The van der Waals surface area contributed by atoms with E-state index < -0.39 is 0 Å². The average molecular weight is 867 g/mol. The minimum absolute atomic E-state index is 0. The molecule has 258 valence electrons. The van der Waals surface area contributed by atoms with Gasteiger partial charge in [-0.15, -0.1) is 47.5 Å². The van der Waals surface area contributed by atoms with Crippen LogP contribution >= 0.6 is 0 Å². The van der Waals surface area contributed by atoms with Gasteiger partial charge in [-0.2, -0.15) is 0 Å². The van der Waals surface area contributed by atoms with Crippen LogP contribution < -0.4 is 26.0 Å². The van der Waals surface area contributed by atoms with E-state index in [0.717, 1.165) is 61.7 Å². The van der Waals surface area contributed by atoms with Crippen molar-refractivity contribution in [2.24, 2.45) is 0 Å². The molecular formula is C46H34BN3O2Pt. The second-order valence-electron chi connectivity index (χ2n) is 14.1. The monoisotopic (exact) mass is 866 g/mol. The summed E-state index contributed by atoms with van der Waals surface area (Å²) < 4.78 is 15.6. The van der Waals surface area contributed by atoms with E-state index in [9.17, 15) is 0 Å². The average Bonchev–Trinajstić information content (AvgIpc) is 3.51. The fourth-order valence-electron chi connectivity index (χ4n) is 7.11. The van der Waals surface area contributed by atoms with Crippen LogP contribution in [0.2, 0.25) is 0 Å². The summed E-state index contributed by atoms with van der Waals surface area (Å²) in [6.07, 6.45) is 3.81. The Hall–Kier alpha value is -5.71. The topological polar surface area (TPSA) is 49.2 Å². The maximum Gasteiger partial charge on any atom is 2.00 e. The molecule has 5 nitrogen and oxygen atoms in total. The van der Waals surface area contributed by atoms with Gasteiger partial charge in [0.05, 0.1) is 5.52 Å². The standard InChI is InChI=1S/C46H34BN3O2.Pt/c1-46(2,3)33-24-25-39(49-30-33)31-14-12-20-36(28-31)51-37-21-13-15-32(29-37)43-42-40(26-27-48-43)50(35-18-8-5-9-19-35)45-44(42)52-41-23-11-10-22-38(41)47(45)34-16-6-4-7-17-34;/h4-27,30H,1-3H3;/q-2;+2. The van der Waals surface area contributed by atoms with Crippen molar-refractivity contribution in [3.63, 3.8) is 0 Å². The van der Waals surface area contributed by atoms with E-state index in [0.29, 0.717) is 11.5 Å². The summed E-state index contributed by atoms with van der Waals surface area (Å²) in [5.74, 6) is 2.77. The van der Waals surface area contributed by atoms with E-state index in [1.54, 1.807) is 0 Å². The van der Waals surface area contributed by atoms with Crippen LogP contribution in [0.5, 0.6) is 23.0 Å². The second kappa shape index (κ2) is 14.0. The Bertz CT molecular complexity index is 2560. The smallest absolute Gasteiger partial charge is 0.497 e. The number of fused-ring (bicyclic) bond motifs is 4. The molecule has 53 heavy (non-hydrogen) atoms. The van der Waals surface area contributed by atoms with Crippen LogP contribution in [-0.2, 0) is 26.5 Å². The molecule has 0 spiro atoms. The molecule has 9 rings (SSSR count). The molecule has 0 radical (unpaired) electrons. The first-order valence-electron chi connectivity index (χ1n) is 17.5. The minimum Gasteiger partial charge on any atom is -0.497 e. The van der Waals surface area contributed by atoms with Crippen molar-refractivity contribution in [1.82, 2.24) is 14.5 Å². The van der Waals surface area contributed by atoms with Crippen LogP contribution in [0.15, 0.2) is 152 Å². The number of aromatic nitrogens is 3. The third-order valence-corrected chi connectivity index (χ3v) is 9.65. The summed E-state index contributed by atoms with van der Waals surface area (Å²) in [7, 11) is 0. The summed E-state index contributed by atoms with van der Waals surface area (Å²) in [6.45, 7) is 6.49. The predicted octanol–water partition coefficient (Wildman–Crippen LogP) is 9.06. The zero-order valence-corrected chi connectivity index (χ0v) is 31.8. The van der Waals surface area contributed by atoms with Crippen LogP contribution in [0.25, 0.3) is 39.1 Å². The molecule has 0 fully saturated rings. The van der Waals surface area contributed by atoms with Crippen molar-refractivity contribution in [3.05, 3.63) is 170 Å². The number of pyridine rings is 2. The van der Waals surface area contributed by atoms with E-state index in [1.807, 2.05) is 67.0 Å². The third kappa shape index (κ3) is 6.38. The molecule has 1 aliphatic rings. The molecule has 0 N–H and O–H groups in total. The first-order valence-corrected chi connectivity index (χ1v) is 17.5. The molecule has 0 bridgehead atoms. The molecule has 1 aliphatic heterocycles. The summed E-state index contributed by atoms with van der Waals surface area (Å²) in [4.78, 5) is 9.70. The van der Waals surface area contributed by atoms with Crippen molar-refractivity contribution < 1.29 is 30.5 Å². The predicted molar refractivity (Wildman–Crippen MR) is 210 cm³/mol. The van der Waals surface area contributed by atoms with Gasteiger partial charge in [-0.1, -0.05) is 117 Å². The first-order chi connectivity index (χ1) is 25.4. The molecule has 7 heteroatoms. The number of nitrogens with zero attached hydrogens (tertiary/aromatic N) is 3. The van der Waals surface area contributed by atoms with Gasteiger partial charge in [0.15, 0.2) is 0 Å². The summed E-state index contributed by atoms with van der Waals surface area (Å²) in [5, 5.41) is 0.920. The molecular weight excluding hydrogens is 832 g/mol. The van der Waals surface area contributed by atoms with E-state index in [2.05, 4.69) is 122 Å². The van der Waals surface area contributed by atoms with Gasteiger partial charge in [-0.05, 0) is 46.4 Å². The van der Waals surface area contributed by atoms with Crippen LogP contribution in [0.3, 0.4) is 0 Å². The maximum atomic E-state index is 6.90. The molecule has 4 heterocycles. The van der Waals surface area contributed by atoms with Crippen molar-refractivity contribution in [3.8, 4) is 51.2 Å². The van der Waals surface area contributed by atoms with Crippen LogP contribution in [0.1, 0.15) is 26.3 Å². The maximum absolute atomic E-state index is 6.90.